The average Bonchev–Trinajstić information content (AvgIpc) is 3.45. The molecule has 1 aliphatic rings. The Morgan fingerprint density at radius 3 is 2.63 bits per heavy atom. The van der Waals surface area contributed by atoms with Crippen LogP contribution in [-0.2, 0) is 19.6 Å². The van der Waals surface area contributed by atoms with Crippen LogP contribution in [-0.4, -0.2) is 49.9 Å². The minimum atomic E-state index is -3.53. The predicted octanol–water partition coefficient (Wildman–Crippen LogP) is 3.08. The van der Waals surface area contributed by atoms with Crippen molar-refractivity contribution >= 4 is 38.5 Å². The molecule has 0 radical (unpaired) electrons. The van der Waals surface area contributed by atoms with E-state index in [0.29, 0.717) is 42.9 Å². The molecule has 10 heteroatoms. The number of rotatable bonds is 6. The van der Waals surface area contributed by atoms with E-state index in [1.165, 1.54) is 28.0 Å². The number of benzene rings is 1. The zero-order valence-electron chi connectivity index (χ0n) is 15.9. The molecule has 0 bridgehead atoms. The largest absolute Gasteiger partial charge is 0.465 e. The number of nitrogens with zero attached hydrogens (tertiary/aromatic N) is 2. The highest BCUT2D eigenvalue weighted by atomic mass is 32.2. The Bertz CT molecular complexity index is 1130. The van der Waals surface area contributed by atoms with E-state index in [0.717, 1.165) is 5.56 Å². The second kappa shape index (κ2) is 8.92. The highest BCUT2D eigenvalue weighted by Gasteiger charge is 2.26. The number of furan rings is 1. The summed E-state index contributed by atoms with van der Waals surface area (Å²) in [5.74, 6) is 0.261. The smallest absolute Gasteiger partial charge is 0.250 e. The van der Waals surface area contributed by atoms with Crippen LogP contribution >= 0.6 is 11.3 Å². The minimum absolute atomic E-state index is 0.236. The zero-order chi connectivity index (χ0) is 21.0. The monoisotopic (exact) mass is 445 g/mol. The molecule has 0 unspecified atom stereocenters. The second-order valence-corrected chi connectivity index (χ2v) is 9.21. The van der Waals surface area contributed by atoms with E-state index in [4.69, 9.17) is 9.15 Å². The quantitative estimate of drug-likeness (QED) is 0.585. The summed E-state index contributed by atoms with van der Waals surface area (Å²) in [6, 6.07) is 10.1. The number of hydrogen-bond acceptors (Lipinski definition) is 7. The molecule has 30 heavy (non-hydrogen) atoms. The lowest BCUT2D eigenvalue weighted by molar-refractivity contribution is -0.111. The molecular weight excluding hydrogens is 426 g/mol. The highest BCUT2D eigenvalue weighted by Crippen LogP contribution is 2.27. The molecule has 2 aromatic heterocycles. The van der Waals surface area contributed by atoms with Crippen molar-refractivity contribution < 1.29 is 22.4 Å². The van der Waals surface area contributed by atoms with E-state index < -0.39 is 10.0 Å². The van der Waals surface area contributed by atoms with Gasteiger partial charge in [-0.25, -0.2) is 13.4 Å². The van der Waals surface area contributed by atoms with Gasteiger partial charge in [0.1, 0.15) is 5.76 Å². The Morgan fingerprint density at radius 1 is 1.17 bits per heavy atom. The summed E-state index contributed by atoms with van der Waals surface area (Å²) in [6.07, 6.45) is 4.46. The van der Waals surface area contributed by atoms with E-state index in [1.54, 1.807) is 47.9 Å². The summed E-state index contributed by atoms with van der Waals surface area (Å²) < 4.78 is 37.2. The van der Waals surface area contributed by atoms with Crippen molar-refractivity contribution in [3.8, 4) is 11.3 Å². The van der Waals surface area contributed by atoms with Gasteiger partial charge in [0.15, 0.2) is 5.13 Å². The van der Waals surface area contributed by atoms with Crippen LogP contribution in [0.15, 0.2) is 63.4 Å². The van der Waals surface area contributed by atoms with Gasteiger partial charge in [0.25, 0.3) is 0 Å². The maximum Gasteiger partial charge on any atom is 0.250 e. The summed E-state index contributed by atoms with van der Waals surface area (Å²) in [7, 11) is -3.53. The standard InChI is InChI=1S/C20H19N3O5S2/c24-19(8-5-16-2-1-11-28-16)22-20-21-18(14-29-20)15-3-6-17(7-4-15)30(25,26)23-9-12-27-13-10-23/h1-8,11,14H,9-10,12-13H2,(H,21,22,24)/b8-5+. The van der Waals surface area contributed by atoms with E-state index in [2.05, 4.69) is 10.3 Å². The van der Waals surface area contributed by atoms with E-state index in [9.17, 15) is 13.2 Å². The molecule has 1 amide bonds. The lowest BCUT2D eigenvalue weighted by Crippen LogP contribution is -2.40. The fourth-order valence-electron chi connectivity index (χ4n) is 2.89. The minimum Gasteiger partial charge on any atom is -0.465 e. The number of nitrogens with one attached hydrogen (secondary N) is 1. The van der Waals surface area contributed by atoms with Gasteiger partial charge < -0.3 is 9.15 Å². The van der Waals surface area contributed by atoms with Gasteiger partial charge in [-0.1, -0.05) is 12.1 Å². The van der Waals surface area contributed by atoms with Crippen LogP contribution < -0.4 is 5.32 Å². The van der Waals surface area contributed by atoms with E-state index >= 15 is 0 Å². The number of amides is 1. The number of sulfonamides is 1. The van der Waals surface area contributed by atoms with Gasteiger partial charge in [-0.2, -0.15) is 4.31 Å². The van der Waals surface area contributed by atoms with Crippen LogP contribution in [0.2, 0.25) is 0 Å². The number of aromatic nitrogens is 1. The molecule has 1 saturated heterocycles. The number of morpholine rings is 1. The first-order valence-corrected chi connectivity index (χ1v) is 11.5. The fourth-order valence-corrected chi connectivity index (χ4v) is 5.02. The maximum absolute atomic E-state index is 12.7. The first-order chi connectivity index (χ1) is 14.5. The Balaban J connectivity index is 1.42. The molecule has 1 fully saturated rings. The zero-order valence-corrected chi connectivity index (χ0v) is 17.5. The molecule has 0 saturated carbocycles. The fraction of sp³-hybridized carbons (Fsp3) is 0.200. The molecular formula is C20H19N3O5S2. The Hall–Kier alpha value is -2.79. The first kappa shape index (κ1) is 20.5. The van der Waals surface area contributed by atoms with Crippen molar-refractivity contribution in [2.75, 3.05) is 31.6 Å². The number of carbonyl (C=O) groups is 1. The molecule has 0 atom stereocenters. The van der Waals surface area contributed by atoms with Gasteiger partial charge in [-0.3, -0.25) is 10.1 Å². The van der Waals surface area contributed by atoms with Crippen molar-refractivity contribution in [3.05, 3.63) is 59.9 Å². The van der Waals surface area contributed by atoms with Crippen LogP contribution in [0.25, 0.3) is 17.3 Å². The summed E-state index contributed by atoms with van der Waals surface area (Å²) in [4.78, 5) is 16.6. The third kappa shape index (κ3) is 4.68. The van der Waals surface area contributed by atoms with Gasteiger partial charge in [0.05, 0.1) is 30.1 Å². The summed E-state index contributed by atoms with van der Waals surface area (Å²) in [5, 5.41) is 4.95. The SMILES string of the molecule is O=C(/C=C/c1ccco1)Nc1nc(-c2ccc(S(=O)(=O)N3CCOCC3)cc2)cs1. The van der Waals surface area contributed by atoms with Crippen molar-refractivity contribution in [1.29, 1.82) is 0 Å². The number of ether oxygens (including phenoxy) is 1. The molecule has 8 nitrogen and oxygen atoms in total. The molecule has 1 aromatic carbocycles. The van der Waals surface area contributed by atoms with Crippen molar-refractivity contribution in [2.45, 2.75) is 4.90 Å². The molecule has 1 aliphatic heterocycles. The molecule has 4 rings (SSSR count). The topological polar surface area (TPSA) is 102 Å². The van der Waals surface area contributed by atoms with Crippen LogP contribution in [0.5, 0.6) is 0 Å². The summed E-state index contributed by atoms with van der Waals surface area (Å²) in [5.41, 5.74) is 1.42. The number of anilines is 1. The average molecular weight is 446 g/mol. The van der Waals surface area contributed by atoms with Crippen LogP contribution in [0.3, 0.4) is 0 Å². The van der Waals surface area contributed by atoms with Gasteiger partial charge in [-0.05, 0) is 30.3 Å². The van der Waals surface area contributed by atoms with Crippen molar-refractivity contribution in [2.24, 2.45) is 0 Å². The second-order valence-electron chi connectivity index (χ2n) is 6.42. The Labute approximate surface area is 177 Å². The molecule has 3 heterocycles. The van der Waals surface area contributed by atoms with Gasteiger partial charge in [0.2, 0.25) is 15.9 Å². The molecule has 0 spiro atoms. The molecule has 1 N–H and O–H groups in total. The number of hydrogen-bond donors (Lipinski definition) is 1. The van der Waals surface area contributed by atoms with Crippen LogP contribution in [0.1, 0.15) is 5.76 Å². The number of thiazole rings is 1. The molecule has 3 aromatic rings. The normalized spacial score (nSPS) is 15.5. The maximum atomic E-state index is 12.7. The summed E-state index contributed by atoms with van der Waals surface area (Å²) >= 11 is 1.29. The van der Waals surface area contributed by atoms with Crippen LogP contribution in [0.4, 0.5) is 5.13 Å². The van der Waals surface area contributed by atoms with E-state index in [1.807, 2.05) is 0 Å². The third-order valence-electron chi connectivity index (χ3n) is 4.43. The van der Waals surface area contributed by atoms with Crippen molar-refractivity contribution in [3.63, 3.8) is 0 Å². The van der Waals surface area contributed by atoms with Gasteiger partial charge in [0, 0.05) is 30.1 Å². The van der Waals surface area contributed by atoms with Crippen LogP contribution in [0, 0.1) is 0 Å². The van der Waals surface area contributed by atoms with E-state index in [-0.39, 0.29) is 10.8 Å². The highest BCUT2D eigenvalue weighted by molar-refractivity contribution is 7.89. The molecule has 0 aliphatic carbocycles. The Morgan fingerprint density at radius 2 is 1.93 bits per heavy atom. The van der Waals surface area contributed by atoms with Gasteiger partial charge >= 0.3 is 0 Å². The lowest BCUT2D eigenvalue weighted by atomic mass is 10.2. The summed E-state index contributed by atoms with van der Waals surface area (Å²) in [6.45, 7) is 1.52. The van der Waals surface area contributed by atoms with Gasteiger partial charge in [-0.15, -0.1) is 11.3 Å². The lowest BCUT2D eigenvalue weighted by Gasteiger charge is -2.26. The third-order valence-corrected chi connectivity index (χ3v) is 7.10. The van der Waals surface area contributed by atoms with Crippen molar-refractivity contribution in [1.82, 2.24) is 9.29 Å². The number of carbonyl (C=O) groups excluding carboxylic acids is 1. The Kier molecular flexibility index (Phi) is 6.09. The molecule has 156 valence electrons. The predicted molar refractivity (Wildman–Crippen MR) is 113 cm³/mol. The first-order valence-electron chi connectivity index (χ1n) is 9.19.